The molecule has 1 aromatic heterocycles. The number of hydrogen-bond acceptors (Lipinski definition) is 4. The summed E-state index contributed by atoms with van der Waals surface area (Å²) in [5.74, 6) is -0.497. The first-order chi connectivity index (χ1) is 13.0. The highest BCUT2D eigenvalue weighted by Gasteiger charge is 2.56. The monoisotopic (exact) mass is 383 g/mol. The summed E-state index contributed by atoms with van der Waals surface area (Å²) in [5, 5.41) is 7.70. The molecular weight excluding hydrogens is 362 g/mol. The zero-order chi connectivity index (χ0) is 19.0. The molecule has 27 heavy (non-hydrogen) atoms. The van der Waals surface area contributed by atoms with E-state index < -0.39 is 11.6 Å². The molecule has 1 aliphatic heterocycles. The van der Waals surface area contributed by atoms with E-state index in [4.69, 9.17) is 0 Å². The van der Waals surface area contributed by atoms with Crippen molar-refractivity contribution in [3.05, 3.63) is 58.3 Å². The Bertz CT molecular complexity index is 864. The van der Waals surface area contributed by atoms with E-state index in [1.807, 2.05) is 47.8 Å². The molecule has 4 rings (SSSR count). The molecule has 140 valence electrons. The van der Waals surface area contributed by atoms with Crippen molar-refractivity contribution >= 4 is 29.2 Å². The quantitative estimate of drug-likeness (QED) is 0.753. The summed E-state index contributed by atoms with van der Waals surface area (Å²) in [6.45, 7) is 1.48. The van der Waals surface area contributed by atoms with Gasteiger partial charge in [-0.05, 0) is 42.7 Å². The number of amides is 4. The Hall–Kier alpha value is -2.67. The molecular formula is C20H21N3O3S. The lowest BCUT2D eigenvalue weighted by Crippen LogP contribution is -2.47. The Morgan fingerprint density at radius 2 is 2.00 bits per heavy atom. The highest BCUT2D eigenvalue weighted by atomic mass is 32.1. The highest BCUT2D eigenvalue weighted by Crippen LogP contribution is 2.42. The van der Waals surface area contributed by atoms with Gasteiger partial charge in [0.25, 0.3) is 5.91 Å². The van der Waals surface area contributed by atoms with Crippen LogP contribution >= 0.6 is 11.3 Å². The van der Waals surface area contributed by atoms with Crippen LogP contribution in [0.15, 0.2) is 47.8 Å². The summed E-state index contributed by atoms with van der Waals surface area (Å²) >= 11 is 1.55. The van der Waals surface area contributed by atoms with E-state index in [2.05, 4.69) is 10.6 Å². The van der Waals surface area contributed by atoms with Crippen molar-refractivity contribution in [2.45, 2.75) is 31.3 Å². The lowest BCUT2D eigenvalue weighted by molar-refractivity contribution is -0.135. The van der Waals surface area contributed by atoms with Crippen LogP contribution in [0.4, 0.5) is 4.79 Å². The smallest absolute Gasteiger partial charge is 0.325 e. The largest absolute Gasteiger partial charge is 0.343 e. The van der Waals surface area contributed by atoms with Crippen LogP contribution in [0.25, 0.3) is 0 Å². The van der Waals surface area contributed by atoms with E-state index in [1.165, 1.54) is 0 Å². The second kappa shape index (κ2) is 6.81. The first kappa shape index (κ1) is 17.7. The maximum atomic E-state index is 12.7. The van der Waals surface area contributed by atoms with E-state index >= 15 is 0 Å². The highest BCUT2D eigenvalue weighted by molar-refractivity contribution is 7.10. The molecule has 0 spiro atoms. The normalized spacial score (nSPS) is 23.2. The Morgan fingerprint density at radius 3 is 2.63 bits per heavy atom. The molecule has 0 bridgehead atoms. The molecule has 2 heterocycles. The second-order valence-electron chi connectivity index (χ2n) is 7.22. The number of carbonyl (C=O) groups is 3. The molecule has 2 aliphatic rings. The molecule has 2 aromatic rings. The van der Waals surface area contributed by atoms with Gasteiger partial charge in [0, 0.05) is 4.88 Å². The van der Waals surface area contributed by atoms with Crippen LogP contribution in [0.1, 0.15) is 36.2 Å². The van der Waals surface area contributed by atoms with Crippen molar-refractivity contribution in [1.29, 1.82) is 0 Å². The Morgan fingerprint density at radius 1 is 1.26 bits per heavy atom. The van der Waals surface area contributed by atoms with Crippen molar-refractivity contribution in [3.8, 4) is 0 Å². The van der Waals surface area contributed by atoms with Crippen LogP contribution in [-0.2, 0) is 9.59 Å². The Labute approximate surface area is 161 Å². The number of imide groups is 1. The van der Waals surface area contributed by atoms with Crippen molar-refractivity contribution < 1.29 is 14.4 Å². The number of benzene rings is 1. The molecule has 2 atom stereocenters. The summed E-state index contributed by atoms with van der Waals surface area (Å²) in [6.07, 6.45) is 1.86. The van der Waals surface area contributed by atoms with Crippen LogP contribution in [0, 0.1) is 5.92 Å². The summed E-state index contributed by atoms with van der Waals surface area (Å²) in [7, 11) is 0. The maximum absolute atomic E-state index is 12.7. The minimum atomic E-state index is -0.871. The molecule has 2 N–H and O–H groups in total. The first-order valence-electron chi connectivity index (χ1n) is 9.01. The molecule has 0 radical (unpaired) electrons. The van der Waals surface area contributed by atoms with Crippen molar-refractivity contribution in [2.75, 3.05) is 6.54 Å². The molecule has 7 heteroatoms. The third-order valence-electron chi connectivity index (χ3n) is 5.26. The first-order valence-corrected chi connectivity index (χ1v) is 9.89. The maximum Gasteiger partial charge on any atom is 0.325 e. The van der Waals surface area contributed by atoms with Gasteiger partial charge in [-0.1, -0.05) is 36.4 Å². The summed E-state index contributed by atoms with van der Waals surface area (Å²) in [5.41, 5.74) is 0.0811. The van der Waals surface area contributed by atoms with Gasteiger partial charge in [0.1, 0.15) is 12.1 Å². The number of hydrogen-bond donors (Lipinski definition) is 2. The number of carbonyl (C=O) groups excluding carboxylic acids is 3. The minimum Gasteiger partial charge on any atom is -0.343 e. The molecule has 1 saturated heterocycles. The van der Waals surface area contributed by atoms with Crippen molar-refractivity contribution in [3.63, 3.8) is 0 Å². The predicted molar refractivity (Wildman–Crippen MR) is 102 cm³/mol. The number of urea groups is 1. The van der Waals surface area contributed by atoms with Crippen LogP contribution in [-0.4, -0.2) is 34.8 Å². The molecule has 1 aliphatic carbocycles. The molecule has 2 fully saturated rings. The van der Waals surface area contributed by atoms with Gasteiger partial charge in [0.2, 0.25) is 5.91 Å². The fourth-order valence-electron chi connectivity index (χ4n) is 3.57. The molecule has 1 saturated carbocycles. The Kier molecular flexibility index (Phi) is 4.47. The molecule has 6 nitrogen and oxygen atoms in total. The van der Waals surface area contributed by atoms with Gasteiger partial charge in [0.15, 0.2) is 0 Å². The number of thiophene rings is 1. The molecule has 0 unspecified atom stereocenters. The van der Waals surface area contributed by atoms with E-state index in [0.29, 0.717) is 0 Å². The number of nitrogens with zero attached hydrogens (tertiary/aromatic N) is 1. The van der Waals surface area contributed by atoms with Gasteiger partial charge >= 0.3 is 6.03 Å². The number of rotatable bonds is 6. The van der Waals surface area contributed by atoms with Gasteiger partial charge in [0.05, 0.1) is 6.04 Å². The third kappa shape index (κ3) is 3.35. The Balaban J connectivity index is 1.49. The zero-order valence-electron chi connectivity index (χ0n) is 15.0. The fraction of sp³-hybridized carbons (Fsp3) is 0.350. The van der Waals surface area contributed by atoms with Gasteiger partial charge in [-0.3, -0.25) is 14.5 Å². The van der Waals surface area contributed by atoms with Gasteiger partial charge in [-0.25, -0.2) is 4.79 Å². The summed E-state index contributed by atoms with van der Waals surface area (Å²) < 4.78 is 0. The number of nitrogens with one attached hydrogen (secondary N) is 2. The van der Waals surface area contributed by atoms with E-state index in [9.17, 15) is 14.4 Å². The van der Waals surface area contributed by atoms with E-state index in [-0.39, 0.29) is 30.3 Å². The lowest BCUT2D eigenvalue weighted by Gasteiger charge is -2.22. The van der Waals surface area contributed by atoms with Crippen LogP contribution in [0.3, 0.4) is 0 Å². The fourth-order valence-corrected chi connectivity index (χ4v) is 4.37. The average Bonchev–Trinajstić information content (AvgIpc) is 3.35. The third-order valence-corrected chi connectivity index (χ3v) is 6.20. The van der Waals surface area contributed by atoms with Crippen LogP contribution in [0.2, 0.25) is 0 Å². The standard InChI is InChI=1S/C20H21N3O3S/c1-20(14-9-10-14)18(25)23(19(26)22-20)12-16(24)21-17(15-8-5-11-27-15)13-6-3-2-4-7-13/h2-8,11,14,17H,9-10,12H2,1H3,(H,21,24)(H,22,26)/t17-,20+/m0/s1. The van der Waals surface area contributed by atoms with E-state index in [0.717, 1.165) is 28.2 Å². The SMILES string of the molecule is C[C@]1(C2CC2)NC(=O)N(CC(=O)N[C@@H](c2ccccc2)c2cccs2)C1=O. The van der Waals surface area contributed by atoms with Crippen molar-refractivity contribution in [2.24, 2.45) is 5.92 Å². The van der Waals surface area contributed by atoms with E-state index in [1.54, 1.807) is 18.3 Å². The van der Waals surface area contributed by atoms with Gasteiger partial charge < -0.3 is 10.6 Å². The topological polar surface area (TPSA) is 78.5 Å². The summed E-state index contributed by atoms with van der Waals surface area (Å²) in [6, 6.07) is 12.7. The predicted octanol–water partition coefficient (Wildman–Crippen LogP) is 2.67. The molecule has 1 aromatic carbocycles. The second-order valence-corrected chi connectivity index (χ2v) is 8.20. The zero-order valence-corrected chi connectivity index (χ0v) is 15.8. The summed E-state index contributed by atoms with van der Waals surface area (Å²) in [4.78, 5) is 39.7. The van der Waals surface area contributed by atoms with Crippen LogP contribution in [0.5, 0.6) is 0 Å². The average molecular weight is 383 g/mol. The van der Waals surface area contributed by atoms with Gasteiger partial charge in [-0.2, -0.15) is 0 Å². The van der Waals surface area contributed by atoms with Crippen molar-refractivity contribution in [1.82, 2.24) is 15.5 Å². The lowest BCUT2D eigenvalue weighted by atomic mass is 9.96. The van der Waals surface area contributed by atoms with Gasteiger partial charge in [-0.15, -0.1) is 11.3 Å². The molecule has 4 amide bonds. The van der Waals surface area contributed by atoms with Crippen LogP contribution < -0.4 is 10.6 Å². The minimum absolute atomic E-state index is 0.171.